The standard InChI is InChI=1S/C21H20F3N3O/c1-2-14-8-6-7-11-18(14)26-27-19(15-9-4-3-5-10-15)12-17(21(22,23)24)16(13-25)20(27)28/h3-5,9-10,12,14H,2,6-8,11H2,1H3/b26-18+. The number of nitriles is 1. The van der Waals surface area contributed by atoms with Crippen LogP contribution in [0.15, 0.2) is 46.3 Å². The van der Waals surface area contributed by atoms with Crippen molar-refractivity contribution >= 4 is 5.71 Å². The molecular weight excluding hydrogens is 367 g/mol. The van der Waals surface area contributed by atoms with E-state index >= 15 is 0 Å². The second kappa shape index (κ2) is 8.01. The van der Waals surface area contributed by atoms with Crippen molar-refractivity contribution in [3.63, 3.8) is 0 Å². The molecule has 4 nitrogen and oxygen atoms in total. The van der Waals surface area contributed by atoms with Crippen LogP contribution in [0.3, 0.4) is 0 Å². The van der Waals surface area contributed by atoms with Crippen molar-refractivity contribution in [2.24, 2.45) is 11.0 Å². The largest absolute Gasteiger partial charge is 0.417 e. The molecular formula is C21H20F3N3O. The van der Waals surface area contributed by atoms with E-state index in [9.17, 15) is 23.2 Å². The number of benzene rings is 1. The lowest BCUT2D eigenvalue weighted by Crippen LogP contribution is -2.28. The van der Waals surface area contributed by atoms with Crippen LogP contribution in [-0.2, 0) is 6.18 Å². The molecule has 0 radical (unpaired) electrons. The van der Waals surface area contributed by atoms with Gasteiger partial charge in [-0.15, -0.1) is 0 Å². The van der Waals surface area contributed by atoms with Crippen LogP contribution in [0.5, 0.6) is 0 Å². The Hall–Kier alpha value is -2.88. The molecule has 0 amide bonds. The number of hydrogen-bond acceptors (Lipinski definition) is 3. The van der Waals surface area contributed by atoms with E-state index in [1.807, 2.05) is 6.92 Å². The van der Waals surface area contributed by atoms with Gasteiger partial charge in [-0.3, -0.25) is 4.79 Å². The Labute approximate surface area is 160 Å². The van der Waals surface area contributed by atoms with Crippen LogP contribution >= 0.6 is 0 Å². The molecule has 0 aliphatic heterocycles. The molecule has 7 heteroatoms. The second-order valence-electron chi connectivity index (χ2n) is 6.85. The van der Waals surface area contributed by atoms with Gasteiger partial charge in [0.15, 0.2) is 0 Å². The van der Waals surface area contributed by atoms with E-state index < -0.39 is 22.9 Å². The summed E-state index contributed by atoms with van der Waals surface area (Å²) in [4.78, 5) is 12.9. The first-order chi connectivity index (χ1) is 13.4. The van der Waals surface area contributed by atoms with Gasteiger partial charge in [0.1, 0.15) is 11.6 Å². The topological polar surface area (TPSA) is 58.1 Å². The van der Waals surface area contributed by atoms with Crippen LogP contribution in [0.1, 0.15) is 50.2 Å². The van der Waals surface area contributed by atoms with Gasteiger partial charge in [-0.25, -0.2) is 0 Å². The van der Waals surface area contributed by atoms with Crippen molar-refractivity contribution in [3.05, 3.63) is 57.9 Å². The molecule has 0 spiro atoms. The van der Waals surface area contributed by atoms with Crippen molar-refractivity contribution in [2.45, 2.75) is 45.2 Å². The number of aromatic nitrogens is 1. The van der Waals surface area contributed by atoms with Gasteiger partial charge in [-0.1, -0.05) is 43.7 Å². The number of pyridine rings is 1. The van der Waals surface area contributed by atoms with Crippen molar-refractivity contribution < 1.29 is 13.2 Å². The molecule has 1 saturated carbocycles. The summed E-state index contributed by atoms with van der Waals surface area (Å²) < 4.78 is 41.4. The van der Waals surface area contributed by atoms with E-state index in [2.05, 4.69) is 5.10 Å². The average Bonchev–Trinajstić information content (AvgIpc) is 2.69. The minimum Gasteiger partial charge on any atom is -0.266 e. The lowest BCUT2D eigenvalue weighted by atomic mass is 9.85. The summed E-state index contributed by atoms with van der Waals surface area (Å²) in [5.41, 5.74) is -1.93. The fourth-order valence-corrected chi connectivity index (χ4v) is 3.61. The first kappa shape index (κ1) is 19.9. The Morgan fingerprint density at radius 3 is 2.57 bits per heavy atom. The van der Waals surface area contributed by atoms with Crippen molar-refractivity contribution in [2.75, 3.05) is 0 Å². The minimum atomic E-state index is -4.81. The fraction of sp³-hybridized carbons (Fsp3) is 0.381. The van der Waals surface area contributed by atoms with Gasteiger partial charge in [0.2, 0.25) is 0 Å². The highest BCUT2D eigenvalue weighted by atomic mass is 19.4. The highest BCUT2D eigenvalue weighted by Gasteiger charge is 2.36. The van der Waals surface area contributed by atoms with Crippen LogP contribution in [-0.4, -0.2) is 10.4 Å². The van der Waals surface area contributed by atoms with E-state index in [-0.39, 0.29) is 11.6 Å². The molecule has 1 fully saturated rings. The molecule has 1 heterocycles. The Bertz CT molecular complexity index is 985. The SMILES string of the molecule is CCC1CCCC/C1=N\n1c(-c2ccccc2)cc(C(F)(F)F)c(C#N)c1=O. The zero-order chi connectivity index (χ0) is 20.3. The third-order valence-electron chi connectivity index (χ3n) is 5.10. The van der Waals surface area contributed by atoms with Gasteiger partial charge in [0.25, 0.3) is 5.56 Å². The van der Waals surface area contributed by atoms with Crippen LogP contribution in [0.2, 0.25) is 0 Å². The lowest BCUT2D eigenvalue weighted by Gasteiger charge is -2.23. The van der Waals surface area contributed by atoms with Crippen LogP contribution in [0, 0.1) is 17.2 Å². The summed E-state index contributed by atoms with van der Waals surface area (Å²) in [5.74, 6) is 0.192. The number of rotatable bonds is 3. The molecule has 2 aromatic rings. The maximum atomic E-state index is 13.5. The molecule has 28 heavy (non-hydrogen) atoms. The Kier molecular flexibility index (Phi) is 5.68. The van der Waals surface area contributed by atoms with Gasteiger partial charge in [-0.2, -0.15) is 28.2 Å². The second-order valence-corrected chi connectivity index (χ2v) is 6.85. The number of alkyl halides is 3. The van der Waals surface area contributed by atoms with E-state index in [0.29, 0.717) is 12.0 Å². The Morgan fingerprint density at radius 2 is 1.96 bits per heavy atom. The van der Waals surface area contributed by atoms with E-state index in [1.165, 1.54) is 6.07 Å². The first-order valence-corrected chi connectivity index (χ1v) is 9.27. The monoisotopic (exact) mass is 387 g/mol. The lowest BCUT2D eigenvalue weighted by molar-refractivity contribution is -0.137. The van der Waals surface area contributed by atoms with E-state index in [1.54, 1.807) is 30.3 Å². The van der Waals surface area contributed by atoms with Gasteiger partial charge < -0.3 is 0 Å². The number of nitrogens with zero attached hydrogens (tertiary/aromatic N) is 3. The summed E-state index contributed by atoms with van der Waals surface area (Å²) in [7, 11) is 0. The smallest absolute Gasteiger partial charge is 0.266 e. The summed E-state index contributed by atoms with van der Waals surface area (Å²) >= 11 is 0. The maximum absolute atomic E-state index is 13.5. The fourth-order valence-electron chi connectivity index (χ4n) is 3.61. The minimum absolute atomic E-state index is 0.0323. The van der Waals surface area contributed by atoms with Crippen molar-refractivity contribution in [1.29, 1.82) is 5.26 Å². The normalized spacial score (nSPS) is 18.8. The predicted octanol–water partition coefficient (Wildman–Crippen LogP) is 5.21. The molecule has 0 N–H and O–H groups in total. The summed E-state index contributed by atoms with van der Waals surface area (Å²) in [6.07, 6.45) is -0.333. The van der Waals surface area contributed by atoms with Crippen LogP contribution < -0.4 is 5.56 Å². The molecule has 1 aromatic heterocycles. The summed E-state index contributed by atoms with van der Waals surface area (Å²) in [6, 6.07) is 10.6. The third-order valence-corrected chi connectivity index (χ3v) is 5.10. The third kappa shape index (κ3) is 3.86. The molecule has 1 aliphatic carbocycles. The van der Waals surface area contributed by atoms with E-state index in [4.69, 9.17) is 0 Å². The first-order valence-electron chi connectivity index (χ1n) is 9.27. The summed E-state index contributed by atoms with van der Waals surface area (Å²) in [6.45, 7) is 2.03. The molecule has 1 aromatic carbocycles. The molecule has 0 bridgehead atoms. The van der Waals surface area contributed by atoms with Crippen LogP contribution in [0.25, 0.3) is 11.3 Å². The zero-order valence-electron chi connectivity index (χ0n) is 15.5. The van der Waals surface area contributed by atoms with Gasteiger partial charge in [0.05, 0.1) is 11.3 Å². The average molecular weight is 387 g/mol. The number of halogens is 3. The molecule has 146 valence electrons. The molecule has 3 rings (SSSR count). The van der Waals surface area contributed by atoms with Crippen LogP contribution in [0.4, 0.5) is 13.2 Å². The molecule has 1 unspecified atom stereocenters. The zero-order valence-corrected chi connectivity index (χ0v) is 15.5. The highest BCUT2D eigenvalue weighted by molar-refractivity contribution is 5.87. The van der Waals surface area contributed by atoms with Crippen molar-refractivity contribution in [3.8, 4) is 17.3 Å². The Morgan fingerprint density at radius 1 is 1.25 bits per heavy atom. The van der Waals surface area contributed by atoms with Gasteiger partial charge in [0, 0.05) is 11.3 Å². The molecule has 1 atom stereocenters. The Balaban J connectivity index is 2.32. The highest BCUT2D eigenvalue weighted by Crippen LogP contribution is 2.34. The molecule has 0 saturated heterocycles. The van der Waals surface area contributed by atoms with E-state index in [0.717, 1.165) is 42.1 Å². The maximum Gasteiger partial charge on any atom is 0.417 e. The molecule has 1 aliphatic rings. The predicted molar refractivity (Wildman–Crippen MR) is 101 cm³/mol. The van der Waals surface area contributed by atoms with Gasteiger partial charge >= 0.3 is 6.18 Å². The van der Waals surface area contributed by atoms with Gasteiger partial charge in [-0.05, 0) is 37.7 Å². The van der Waals surface area contributed by atoms with Crippen molar-refractivity contribution in [1.82, 2.24) is 4.68 Å². The quantitative estimate of drug-likeness (QED) is 0.726. The number of hydrogen-bond donors (Lipinski definition) is 0. The summed E-state index contributed by atoms with van der Waals surface area (Å²) in [5, 5.41) is 13.7.